The molecule has 0 spiro atoms. The van der Waals surface area contributed by atoms with Crippen molar-refractivity contribution < 1.29 is 4.74 Å². The van der Waals surface area contributed by atoms with Crippen LogP contribution in [0, 0.1) is 6.92 Å². The van der Waals surface area contributed by atoms with E-state index in [1.807, 2.05) is 7.05 Å². The molecular formula is C19H25NO. The highest BCUT2D eigenvalue weighted by Crippen LogP contribution is 2.28. The normalized spacial score (nSPS) is 12.2. The Morgan fingerprint density at radius 2 is 1.81 bits per heavy atom. The highest BCUT2D eigenvalue weighted by Gasteiger charge is 2.05. The average Bonchev–Trinajstić information content (AvgIpc) is 2.51. The smallest absolute Gasteiger partial charge is 0.130 e. The van der Waals surface area contributed by atoms with Crippen molar-refractivity contribution in [3.05, 3.63) is 59.2 Å². The van der Waals surface area contributed by atoms with Gasteiger partial charge in [0.1, 0.15) is 11.5 Å². The molecule has 0 aliphatic carbocycles. The van der Waals surface area contributed by atoms with Crippen LogP contribution in [0.25, 0.3) is 0 Å². The van der Waals surface area contributed by atoms with E-state index in [1.54, 1.807) is 0 Å². The minimum absolute atomic E-state index is 0.597. The summed E-state index contributed by atoms with van der Waals surface area (Å²) in [6.07, 6.45) is 1.16. The van der Waals surface area contributed by atoms with Crippen LogP contribution in [0.4, 0.5) is 0 Å². The van der Waals surface area contributed by atoms with E-state index in [0.29, 0.717) is 5.92 Å². The monoisotopic (exact) mass is 283 g/mol. The molecule has 2 aromatic rings. The highest BCUT2D eigenvalue weighted by molar-refractivity contribution is 5.40. The Morgan fingerprint density at radius 1 is 1.10 bits per heavy atom. The van der Waals surface area contributed by atoms with Gasteiger partial charge in [0.15, 0.2) is 0 Å². The molecule has 2 aromatic carbocycles. The molecule has 0 amide bonds. The summed E-state index contributed by atoms with van der Waals surface area (Å²) in [6, 6.07) is 14.8. The first-order valence-corrected chi connectivity index (χ1v) is 7.66. The van der Waals surface area contributed by atoms with E-state index in [0.717, 1.165) is 30.0 Å². The van der Waals surface area contributed by atoms with Gasteiger partial charge >= 0.3 is 0 Å². The van der Waals surface area contributed by atoms with E-state index in [4.69, 9.17) is 4.74 Å². The van der Waals surface area contributed by atoms with Gasteiger partial charge in [0.2, 0.25) is 0 Å². The van der Waals surface area contributed by atoms with E-state index in [-0.39, 0.29) is 0 Å². The number of hydrogen-bond donors (Lipinski definition) is 1. The van der Waals surface area contributed by atoms with Crippen LogP contribution < -0.4 is 10.1 Å². The Bertz CT molecular complexity index is 575. The number of benzene rings is 2. The number of aryl methyl sites for hydroxylation is 1. The molecule has 0 fully saturated rings. The minimum Gasteiger partial charge on any atom is -0.457 e. The molecule has 1 N–H and O–H groups in total. The van der Waals surface area contributed by atoms with Crippen molar-refractivity contribution in [2.45, 2.75) is 39.7 Å². The molecule has 0 aliphatic rings. The van der Waals surface area contributed by atoms with Crippen LogP contribution in [0.3, 0.4) is 0 Å². The van der Waals surface area contributed by atoms with Gasteiger partial charge in [-0.25, -0.2) is 0 Å². The molecule has 0 aromatic heterocycles. The van der Waals surface area contributed by atoms with Gasteiger partial charge in [-0.2, -0.15) is 0 Å². The maximum Gasteiger partial charge on any atom is 0.130 e. The lowest BCUT2D eigenvalue weighted by molar-refractivity contribution is 0.477. The molecule has 0 saturated heterocycles. The summed E-state index contributed by atoms with van der Waals surface area (Å²) in [7, 11) is 1.95. The van der Waals surface area contributed by atoms with Crippen molar-refractivity contribution in [2.75, 3.05) is 7.05 Å². The summed E-state index contributed by atoms with van der Waals surface area (Å²) in [4.78, 5) is 0. The SMILES string of the molecule is CCC(C)c1ccc(Oc2cc(CNC)ccc2C)cc1. The average molecular weight is 283 g/mol. The lowest BCUT2D eigenvalue weighted by atomic mass is 9.99. The second kappa shape index (κ2) is 7.28. The van der Waals surface area contributed by atoms with Crippen molar-refractivity contribution in [3.8, 4) is 11.5 Å². The largest absolute Gasteiger partial charge is 0.457 e. The molecule has 0 heterocycles. The standard InChI is InChI=1S/C19H25NO/c1-5-14(2)17-8-10-18(11-9-17)21-19-12-16(13-20-4)7-6-15(19)3/h6-12,14,20H,5,13H2,1-4H3. The summed E-state index contributed by atoms with van der Waals surface area (Å²) < 4.78 is 6.04. The molecule has 112 valence electrons. The Hall–Kier alpha value is -1.80. The Morgan fingerprint density at radius 3 is 2.43 bits per heavy atom. The van der Waals surface area contributed by atoms with Crippen molar-refractivity contribution in [2.24, 2.45) is 0 Å². The van der Waals surface area contributed by atoms with Crippen molar-refractivity contribution in [3.63, 3.8) is 0 Å². The first-order valence-electron chi connectivity index (χ1n) is 7.66. The van der Waals surface area contributed by atoms with Crippen LogP contribution in [-0.4, -0.2) is 7.05 Å². The zero-order valence-corrected chi connectivity index (χ0v) is 13.4. The molecule has 2 rings (SSSR count). The molecule has 2 heteroatoms. The number of nitrogens with one attached hydrogen (secondary N) is 1. The summed E-state index contributed by atoms with van der Waals surface area (Å²) in [5.74, 6) is 2.42. The van der Waals surface area contributed by atoms with E-state index in [2.05, 4.69) is 68.6 Å². The summed E-state index contributed by atoms with van der Waals surface area (Å²) in [5, 5.41) is 3.17. The van der Waals surface area contributed by atoms with Crippen LogP contribution in [0.5, 0.6) is 11.5 Å². The van der Waals surface area contributed by atoms with E-state index in [1.165, 1.54) is 11.1 Å². The van der Waals surface area contributed by atoms with Crippen LogP contribution >= 0.6 is 0 Å². The zero-order chi connectivity index (χ0) is 15.2. The van der Waals surface area contributed by atoms with Crippen LogP contribution in [0.1, 0.15) is 42.9 Å². The van der Waals surface area contributed by atoms with Crippen LogP contribution in [-0.2, 0) is 6.54 Å². The molecule has 1 unspecified atom stereocenters. The number of hydrogen-bond acceptors (Lipinski definition) is 2. The van der Waals surface area contributed by atoms with Gasteiger partial charge in [0.25, 0.3) is 0 Å². The van der Waals surface area contributed by atoms with E-state index >= 15 is 0 Å². The van der Waals surface area contributed by atoms with Gasteiger partial charge < -0.3 is 10.1 Å². The highest BCUT2D eigenvalue weighted by atomic mass is 16.5. The zero-order valence-electron chi connectivity index (χ0n) is 13.4. The molecule has 0 saturated carbocycles. The predicted molar refractivity (Wildman–Crippen MR) is 89.2 cm³/mol. The second-order valence-corrected chi connectivity index (χ2v) is 5.61. The van der Waals surface area contributed by atoms with Gasteiger partial charge in [-0.15, -0.1) is 0 Å². The Balaban J connectivity index is 2.15. The van der Waals surface area contributed by atoms with Crippen LogP contribution in [0.15, 0.2) is 42.5 Å². The summed E-state index contributed by atoms with van der Waals surface area (Å²) >= 11 is 0. The fourth-order valence-corrected chi connectivity index (χ4v) is 2.30. The molecule has 1 atom stereocenters. The lowest BCUT2D eigenvalue weighted by Crippen LogP contribution is -2.05. The first-order chi connectivity index (χ1) is 10.1. The van der Waals surface area contributed by atoms with Gasteiger partial charge in [0.05, 0.1) is 0 Å². The van der Waals surface area contributed by atoms with Crippen LogP contribution in [0.2, 0.25) is 0 Å². The van der Waals surface area contributed by atoms with Gasteiger partial charge in [-0.1, -0.05) is 38.1 Å². The molecule has 21 heavy (non-hydrogen) atoms. The molecular weight excluding hydrogens is 258 g/mol. The predicted octanol–water partition coefficient (Wildman–Crippen LogP) is 5.02. The van der Waals surface area contributed by atoms with Crippen molar-refractivity contribution in [1.82, 2.24) is 5.32 Å². The third-order valence-corrected chi connectivity index (χ3v) is 3.92. The molecule has 0 aliphatic heterocycles. The molecule has 2 nitrogen and oxygen atoms in total. The molecule has 0 bridgehead atoms. The molecule has 0 radical (unpaired) electrons. The second-order valence-electron chi connectivity index (χ2n) is 5.61. The number of ether oxygens (including phenoxy) is 1. The summed E-state index contributed by atoms with van der Waals surface area (Å²) in [5.41, 5.74) is 3.75. The maximum absolute atomic E-state index is 6.04. The fourth-order valence-electron chi connectivity index (χ4n) is 2.30. The van der Waals surface area contributed by atoms with E-state index in [9.17, 15) is 0 Å². The third kappa shape index (κ3) is 4.08. The quantitative estimate of drug-likeness (QED) is 0.803. The third-order valence-electron chi connectivity index (χ3n) is 3.92. The van der Waals surface area contributed by atoms with Gasteiger partial charge in [-0.05, 0) is 61.2 Å². The maximum atomic E-state index is 6.04. The minimum atomic E-state index is 0.597. The first kappa shape index (κ1) is 15.6. The van der Waals surface area contributed by atoms with Crippen molar-refractivity contribution in [1.29, 1.82) is 0 Å². The lowest BCUT2D eigenvalue weighted by Gasteiger charge is -2.13. The summed E-state index contributed by atoms with van der Waals surface area (Å²) in [6.45, 7) is 7.39. The topological polar surface area (TPSA) is 21.3 Å². The fraction of sp³-hybridized carbons (Fsp3) is 0.368. The van der Waals surface area contributed by atoms with E-state index < -0.39 is 0 Å². The number of rotatable bonds is 6. The van der Waals surface area contributed by atoms with Crippen molar-refractivity contribution >= 4 is 0 Å². The Labute approximate surface area is 128 Å². The van der Waals surface area contributed by atoms with Gasteiger partial charge in [-0.3, -0.25) is 0 Å². The Kier molecular flexibility index (Phi) is 5.40. The van der Waals surface area contributed by atoms with Gasteiger partial charge in [0, 0.05) is 6.54 Å².